The van der Waals surface area contributed by atoms with E-state index in [-0.39, 0.29) is 5.76 Å². The molecule has 52 valence electrons. The fourth-order valence-electron chi connectivity index (χ4n) is 0.424. The predicted octanol–water partition coefficient (Wildman–Crippen LogP) is 1.01. The molecule has 9 heavy (non-hydrogen) atoms. The Morgan fingerprint density at radius 1 is 1.78 bits per heavy atom. The molecule has 0 aromatic carbocycles. The second-order valence-corrected chi connectivity index (χ2v) is 1.39. The molecule has 0 saturated heterocycles. The van der Waals surface area contributed by atoms with Crippen LogP contribution in [0.1, 0.15) is 13.8 Å². The highest BCUT2D eigenvalue weighted by Gasteiger charge is 2.03. The summed E-state index contributed by atoms with van der Waals surface area (Å²) in [6, 6.07) is 0. The van der Waals surface area contributed by atoms with Crippen LogP contribution in [0.2, 0.25) is 0 Å². The molecule has 0 amide bonds. The van der Waals surface area contributed by atoms with Crippen molar-refractivity contribution in [1.29, 1.82) is 0 Å². The summed E-state index contributed by atoms with van der Waals surface area (Å²) in [6.45, 7) is 3.76. The number of carboxylic acids is 1. The monoisotopic (exact) mass is 130 g/mol. The van der Waals surface area contributed by atoms with E-state index in [4.69, 9.17) is 9.84 Å². The Kier molecular flexibility index (Phi) is 3.51. The summed E-state index contributed by atoms with van der Waals surface area (Å²) in [5.74, 6) is -1.00. The molecule has 0 unspecified atom stereocenters. The minimum atomic E-state index is -1.01. The van der Waals surface area contributed by atoms with E-state index < -0.39 is 5.97 Å². The zero-order chi connectivity index (χ0) is 7.28. The molecule has 3 heteroatoms. The van der Waals surface area contributed by atoms with Gasteiger partial charge in [-0.3, -0.25) is 0 Å². The molecule has 0 aliphatic rings. The van der Waals surface area contributed by atoms with Crippen LogP contribution in [0.25, 0.3) is 0 Å². The van der Waals surface area contributed by atoms with Crippen LogP contribution < -0.4 is 0 Å². The van der Waals surface area contributed by atoms with Gasteiger partial charge in [0.15, 0.2) is 5.76 Å². The molecule has 0 aromatic heterocycles. The topological polar surface area (TPSA) is 46.5 Å². The quantitative estimate of drug-likeness (QED) is 0.458. The first-order valence-electron chi connectivity index (χ1n) is 2.74. The molecular formula is C6H10O3. The van der Waals surface area contributed by atoms with Gasteiger partial charge in [-0.05, 0) is 19.9 Å². The molecule has 0 rings (SSSR count). The first-order valence-corrected chi connectivity index (χ1v) is 2.74. The van der Waals surface area contributed by atoms with E-state index in [0.717, 1.165) is 0 Å². The van der Waals surface area contributed by atoms with Crippen LogP contribution in [0.15, 0.2) is 11.8 Å². The van der Waals surface area contributed by atoms with Gasteiger partial charge in [0.1, 0.15) is 0 Å². The first-order chi connectivity index (χ1) is 4.22. The van der Waals surface area contributed by atoms with Crippen molar-refractivity contribution in [3.8, 4) is 0 Å². The van der Waals surface area contributed by atoms with E-state index in [1.165, 1.54) is 6.08 Å². The number of carbonyl (C=O) groups is 1. The average molecular weight is 130 g/mol. The Hall–Kier alpha value is -0.990. The standard InChI is InChI=1S/C6H10O3/c1-3-5(6(7)8)9-4-2/h3H,4H2,1-2H3,(H,7,8)/b5-3-. The number of hydrogen-bond donors (Lipinski definition) is 1. The van der Waals surface area contributed by atoms with E-state index >= 15 is 0 Å². The molecule has 0 aromatic rings. The van der Waals surface area contributed by atoms with E-state index in [1.54, 1.807) is 13.8 Å². The Bertz CT molecular complexity index is 126. The van der Waals surface area contributed by atoms with Crippen LogP contribution in [0, 0.1) is 0 Å². The summed E-state index contributed by atoms with van der Waals surface area (Å²) in [5.41, 5.74) is 0. The fraction of sp³-hybridized carbons (Fsp3) is 0.500. The molecule has 0 bridgehead atoms. The zero-order valence-electron chi connectivity index (χ0n) is 5.55. The van der Waals surface area contributed by atoms with Gasteiger partial charge < -0.3 is 9.84 Å². The normalized spacial score (nSPS) is 11.1. The Balaban J connectivity index is 3.85. The summed E-state index contributed by atoms with van der Waals surface area (Å²) in [7, 11) is 0. The number of carboxylic acid groups (broad SMARTS) is 1. The molecule has 1 N–H and O–H groups in total. The van der Waals surface area contributed by atoms with Crippen molar-refractivity contribution < 1.29 is 14.6 Å². The maximum absolute atomic E-state index is 10.1. The minimum absolute atomic E-state index is 0.0116. The van der Waals surface area contributed by atoms with E-state index in [0.29, 0.717) is 6.61 Å². The van der Waals surface area contributed by atoms with Crippen LogP contribution in [0.3, 0.4) is 0 Å². The van der Waals surface area contributed by atoms with Crippen molar-refractivity contribution in [2.75, 3.05) is 6.61 Å². The maximum atomic E-state index is 10.1. The summed E-state index contributed by atoms with van der Waals surface area (Å²) < 4.78 is 4.71. The van der Waals surface area contributed by atoms with Gasteiger partial charge in [0, 0.05) is 0 Å². The van der Waals surface area contributed by atoms with Crippen LogP contribution in [-0.2, 0) is 9.53 Å². The van der Waals surface area contributed by atoms with E-state index in [1.807, 2.05) is 0 Å². The SMILES string of the molecule is C/C=C(\OCC)C(=O)O. The van der Waals surface area contributed by atoms with Gasteiger partial charge in [-0.25, -0.2) is 4.79 Å². The molecular weight excluding hydrogens is 120 g/mol. The maximum Gasteiger partial charge on any atom is 0.370 e. The molecule has 0 fully saturated rings. The van der Waals surface area contributed by atoms with E-state index in [9.17, 15) is 4.79 Å². The lowest BCUT2D eigenvalue weighted by atomic mass is 10.5. The lowest BCUT2D eigenvalue weighted by Crippen LogP contribution is -2.03. The number of allylic oxidation sites excluding steroid dienone is 1. The summed E-state index contributed by atoms with van der Waals surface area (Å²) in [4.78, 5) is 10.1. The third kappa shape index (κ3) is 2.74. The molecule has 0 saturated carbocycles. The van der Waals surface area contributed by atoms with Crippen molar-refractivity contribution >= 4 is 5.97 Å². The average Bonchev–Trinajstić information content (AvgIpc) is 1.82. The van der Waals surface area contributed by atoms with Crippen molar-refractivity contribution in [2.24, 2.45) is 0 Å². The number of hydrogen-bond acceptors (Lipinski definition) is 2. The molecule has 0 spiro atoms. The van der Waals surface area contributed by atoms with E-state index in [2.05, 4.69) is 0 Å². The predicted molar refractivity (Wildman–Crippen MR) is 33.0 cm³/mol. The largest absolute Gasteiger partial charge is 0.487 e. The second kappa shape index (κ2) is 3.95. The summed E-state index contributed by atoms with van der Waals surface area (Å²) in [5, 5.41) is 8.31. The Morgan fingerprint density at radius 2 is 2.33 bits per heavy atom. The Morgan fingerprint density at radius 3 is 2.44 bits per heavy atom. The Labute approximate surface area is 53.9 Å². The fourth-order valence-corrected chi connectivity index (χ4v) is 0.424. The minimum Gasteiger partial charge on any atom is -0.487 e. The van der Waals surface area contributed by atoms with Crippen LogP contribution >= 0.6 is 0 Å². The molecule has 0 radical (unpaired) electrons. The van der Waals surface area contributed by atoms with Gasteiger partial charge in [-0.1, -0.05) is 0 Å². The van der Waals surface area contributed by atoms with Crippen LogP contribution in [0.5, 0.6) is 0 Å². The molecule has 3 nitrogen and oxygen atoms in total. The second-order valence-electron chi connectivity index (χ2n) is 1.39. The number of ether oxygens (including phenoxy) is 1. The summed E-state index contributed by atoms with van der Waals surface area (Å²) >= 11 is 0. The molecule has 0 heterocycles. The van der Waals surface area contributed by atoms with Gasteiger partial charge in [-0.15, -0.1) is 0 Å². The van der Waals surface area contributed by atoms with Gasteiger partial charge in [0.05, 0.1) is 6.61 Å². The molecule has 0 atom stereocenters. The molecule has 0 aliphatic carbocycles. The van der Waals surface area contributed by atoms with Gasteiger partial charge in [0.2, 0.25) is 0 Å². The highest BCUT2D eigenvalue weighted by Crippen LogP contribution is 1.94. The van der Waals surface area contributed by atoms with Crippen LogP contribution in [-0.4, -0.2) is 17.7 Å². The van der Waals surface area contributed by atoms with Crippen molar-refractivity contribution in [3.05, 3.63) is 11.8 Å². The first kappa shape index (κ1) is 8.01. The van der Waals surface area contributed by atoms with Gasteiger partial charge in [-0.2, -0.15) is 0 Å². The summed E-state index contributed by atoms with van der Waals surface area (Å²) in [6.07, 6.45) is 1.42. The van der Waals surface area contributed by atoms with Gasteiger partial charge in [0.25, 0.3) is 0 Å². The molecule has 0 aliphatic heterocycles. The zero-order valence-corrected chi connectivity index (χ0v) is 5.55. The van der Waals surface area contributed by atoms with Crippen LogP contribution in [0.4, 0.5) is 0 Å². The third-order valence-corrected chi connectivity index (χ3v) is 0.773. The number of aliphatic carboxylic acids is 1. The van der Waals surface area contributed by atoms with Crippen molar-refractivity contribution in [2.45, 2.75) is 13.8 Å². The van der Waals surface area contributed by atoms with Crippen molar-refractivity contribution in [1.82, 2.24) is 0 Å². The number of rotatable bonds is 3. The van der Waals surface area contributed by atoms with Gasteiger partial charge >= 0.3 is 5.97 Å². The highest BCUT2D eigenvalue weighted by molar-refractivity contribution is 5.84. The third-order valence-electron chi connectivity index (χ3n) is 0.773. The lowest BCUT2D eigenvalue weighted by Gasteiger charge is -1.99. The lowest BCUT2D eigenvalue weighted by molar-refractivity contribution is -0.136. The highest BCUT2D eigenvalue weighted by atomic mass is 16.5. The van der Waals surface area contributed by atoms with Crippen molar-refractivity contribution in [3.63, 3.8) is 0 Å². The smallest absolute Gasteiger partial charge is 0.370 e.